The predicted octanol–water partition coefficient (Wildman–Crippen LogP) is 0.0703. The fraction of sp³-hybridized carbons (Fsp3) is 0.600. The van der Waals surface area contributed by atoms with Crippen molar-refractivity contribution in [3.05, 3.63) is 10.8 Å². The van der Waals surface area contributed by atoms with Crippen molar-refractivity contribution in [2.75, 3.05) is 21.3 Å². The van der Waals surface area contributed by atoms with Crippen LogP contribution >= 0.6 is 0 Å². The second-order valence-electron chi connectivity index (χ2n) is 3.44. The number of carboxylic acid groups (broad SMARTS) is 1. The van der Waals surface area contributed by atoms with Crippen LogP contribution in [0.1, 0.15) is 19.8 Å². The standard InChI is InChI=1S/C10H19NO6Si/c1-5-6-7(10(13)14)8(9(11)12)18(15-2,16-3)17-4/h5-6H2,1-4H3,(H2,11,12)(H,13,14)/b8-7+. The maximum atomic E-state index is 11.5. The maximum Gasteiger partial charge on any atom is 0.542 e. The van der Waals surface area contributed by atoms with Crippen LogP contribution in [-0.2, 0) is 22.9 Å². The molecular formula is C10H19NO6Si. The lowest BCUT2D eigenvalue weighted by Crippen LogP contribution is -2.50. The van der Waals surface area contributed by atoms with Gasteiger partial charge in [-0.1, -0.05) is 13.3 Å². The van der Waals surface area contributed by atoms with Gasteiger partial charge in [0.15, 0.2) is 0 Å². The summed E-state index contributed by atoms with van der Waals surface area (Å²) in [7, 11) is 0.307. The minimum absolute atomic E-state index is 0.123. The average molecular weight is 277 g/mol. The van der Waals surface area contributed by atoms with Gasteiger partial charge in [0.2, 0.25) is 5.91 Å². The van der Waals surface area contributed by atoms with Gasteiger partial charge < -0.3 is 24.1 Å². The molecule has 0 aromatic heterocycles. The van der Waals surface area contributed by atoms with Gasteiger partial charge in [-0.25, -0.2) is 4.79 Å². The molecule has 0 aliphatic carbocycles. The van der Waals surface area contributed by atoms with E-state index in [1.807, 2.05) is 0 Å². The van der Waals surface area contributed by atoms with Gasteiger partial charge in [0.25, 0.3) is 0 Å². The van der Waals surface area contributed by atoms with Gasteiger partial charge in [0, 0.05) is 26.9 Å². The Balaban J connectivity index is 6.00. The molecule has 0 radical (unpaired) electrons. The van der Waals surface area contributed by atoms with E-state index in [1.165, 1.54) is 21.3 Å². The third-order valence-corrected chi connectivity index (χ3v) is 5.19. The van der Waals surface area contributed by atoms with Crippen molar-refractivity contribution in [1.29, 1.82) is 0 Å². The van der Waals surface area contributed by atoms with Gasteiger partial charge in [-0.15, -0.1) is 0 Å². The summed E-state index contributed by atoms with van der Waals surface area (Å²) < 4.78 is 15.3. The monoisotopic (exact) mass is 277 g/mol. The first-order valence-corrected chi connectivity index (χ1v) is 7.04. The number of aliphatic carboxylic acids is 1. The molecule has 0 spiro atoms. The van der Waals surface area contributed by atoms with Gasteiger partial charge in [-0.2, -0.15) is 0 Å². The van der Waals surface area contributed by atoms with Crippen LogP contribution < -0.4 is 5.73 Å². The molecule has 104 valence electrons. The van der Waals surface area contributed by atoms with E-state index in [0.29, 0.717) is 6.42 Å². The Morgan fingerprint density at radius 1 is 1.17 bits per heavy atom. The van der Waals surface area contributed by atoms with E-state index in [2.05, 4.69) is 0 Å². The molecule has 0 aromatic rings. The normalized spacial score (nSPS) is 13.1. The molecule has 0 saturated heterocycles. The van der Waals surface area contributed by atoms with Crippen LogP contribution in [0.5, 0.6) is 0 Å². The highest BCUT2D eigenvalue weighted by Gasteiger charge is 2.49. The summed E-state index contributed by atoms with van der Waals surface area (Å²) in [5.41, 5.74) is 5.13. The molecule has 0 unspecified atom stereocenters. The molecule has 0 rings (SSSR count). The predicted molar refractivity (Wildman–Crippen MR) is 65.5 cm³/mol. The number of carbonyl (C=O) groups is 2. The fourth-order valence-corrected chi connectivity index (χ4v) is 3.65. The number of hydrogen-bond acceptors (Lipinski definition) is 5. The number of hydrogen-bond donors (Lipinski definition) is 2. The van der Waals surface area contributed by atoms with E-state index in [4.69, 9.17) is 24.1 Å². The van der Waals surface area contributed by atoms with E-state index < -0.39 is 20.7 Å². The van der Waals surface area contributed by atoms with Crippen molar-refractivity contribution in [2.24, 2.45) is 5.73 Å². The average Bonchev–Trinajstić information content (AvgIpc) is 2.33. The van der Waals surface area contributed by atoms with Crippen molar-refractivity contribution in [3.8, 4) is 0 Å². The van der Waals surface area contributed by atoms with Gasteiger partial charge in [0.05, 0.1) is 5.20 Å². The zero-order chi connectivity index (χ0) is 14.3. The van der Waals surface area contributed by atoms with Crippen LogP contribution in [0, 0.1) is 0 Å². The molecule has 1 amide bonds. The first-order valence-electron chi connectivity index (χ1n) is 5.32. The third kappa shape index (κ3) is 3.39. The second kappa shape index (κ2) is 7.26. The summed E-state index contributed by atoms with van der Waals surface area (Å²) in [5.74, 6) is -2.13. The third-order valence-electron chi connectivity index (χ3n) is 2.42. The molecule has 18 heavy (non-hydrogen) atoms. The van der Waals surface area contributed by atoms with Gasteiger partial charge >= 0.3 is 14.8 Å². The minimum atomic E-state index is -3.55. The molecule has 0 bridgehead atoms. The summed E-state index contributed by atoms with van der Waals surface area (Å²) in [4.78, 5) is 22.8. The van der Waals surface area contributed by atoms with Crippen molar-refractivity contribution in [1.82, 2.24) is 0 Å². The first-order chi connectivity index (χ1) is 8.40. The van der Waals surface area contributed by atoms with E-state index in [0.717, 1.165) is 0 Å². The number of carboxylic acids is 1. The van der Waals surface area contributed by atoms with Gasteiger partial charge in [-0.3, -0.25) is 4.79 Å². The van der Waals surface area contributed by atoms with Crippen LogP contribution in [0.3, 0.4) is 0 Å². The van der Waals surface area contributed by atoms with E-state index in [1.54, 1.807) is 6.92 Å². The molecule has 0 saturated carbocycles. The van der Waals surface area contributed by atoms with Crippen molar-refractivity contribution in [2.45, 2.75) is 19.8 Å². The van der Waals surface area contributed by atoms with Gasteiger partial charge in [0.1, 0.15) is 0 Å². The lowest BCUT2D eigenvalue weighted by Gasteiger charge is -2.26. The van der Waals surface area contributed by atoms with Crippen LogP contribution in [0.4, 0.5) is 0 Å². The number of primary amides is 1. The minimum Gasteiger partial charge on any atom is -0.478 e. The molecule has 0 atom stereocenters. The molecule has 7 nitrogen and oxygen atoms in total. The number of rotatable bonds is 8. The van der Waals surface area contributed by atoms with Crippen LogP contribution in [0.25, 0.3) is 0 Å². The molecule has 3 N–H and O–H groups in total. The SMILES string of the molecule is CCC/C(C(=O)O)=C(/C(N)=O)[Si](OC)(OC)OC. The van der Waals surface area contributed by atoms with Crippen LogP contribution in [0.2, 0.25) is 0 Å². The highest BCUT2D eigenvalue weighted by molar-refractivity contribution is 6.74. The van der Waals surface area contributed by atoms with E-state index in [-0.39, 0.29) is 17.2 Å². The Kier molecular flexibility index (Phi) is 6.77. The Labute approximate surface area is 107 Å². The van der Waals surface area contributed by atoms with Crippen LogP contribution in [-0.4, -0.2) is 47.1 Å². The molecular weight excluding hydrogens is 258 g/mol. The Hall–Kier alpha value is -1.22. The first kappa shape index (κ1) is 16.8. The molecule has 0 aromatic carbocycles. The number of amides is 1. The largest absolute Gasteiger partial charge is 0.542 e. The molecule has 0 heterocycles. The zero-order valence-corrected chi connectivity index (χ0v) is 12.0. The highest BCUT2D eigenvalue weighted by Crippen LogP contribution is 2.24. The van der Waals surface area contributed by atoms with Crippen molar-refractivity contribution in [3.63, 3.8) is 0 Å². The Morgan fingerprint density at radius 3 is 1.83 bits per heavy atom. The van der Waals surface area contributed by atoms with Gasteiger partial charge in [-0.05, 0) is 6.42 Å². The second-order valence-corrected chi connectivity index (χ2v) is 6.28. The van der Waals surface area contributed by atoms with Crippen molar-refractivity contribution >= 4 is 20.7 Å². The van der Waals surface area contributed by atoms with Crippen LogP contribution in [0.15, 0.2) is 10.8 Å². The summed E-state index contributed by atoms with van der Waals surface area (Å²) in [5, 5.41) is 8.96. The number of nitrogens with two attached hydrogens (primary N) is 1. The highest BCUT2D eigenvalue weighted by atomic mass is 28.4. The zero-order valence-electron chi connectivity index (χ0n) is 11.0. The number of carbonyl (C=O) groups excluding carboxylic acids is 1. The maximum absolute atomic E-state index is 11.5. The van der Waals surface area contributed by atoms with E-state index >= 15 is 0 Å². The lowest BCUT2D eigenvalue weighted by atomic mass is 10.1. The van der Waals surface area contributed by atoms with E-state index in [9.17, 15) is 9.59 Å². The molecule has 0 aliphatic heterocycles. The summed E-state index contributed by atoms with van der Waals surface area (Å²) in [6.07, 6.45) is 0.721. The fourth-order valence-electron chi connectivity index (χ4n) is 1.63. The summed E-state index contributed by atoms with van der Waals surface area (Å²) in [6, 6.07) is 0. The molecule has 0 fully saturated rings. The smallest absolute Gasteiger partial charge is 0.478 e. The Morgan fingerprint density at radius 2 is 1.61 bits per heavy atom. The quantitative estimate of drug-likeness (QED) is 0.480. The summed E-state index contributed by atoms with van der Waals surface area (Å²) >= 11 is 0. The summed E-state index contributed by atoms with van der Waals surface area (Å²) in [6.45, 7) is 1.79. The lowest BCUT2D eigenvalue weighted by molar-refractivity contribution is -0.133. The Bertz CT molecular complexity index is 342. The molecule has 0 aliphatic rings. The van der Waals surface area contributed by atoms with Crippen molar-refractivity contribution < 1.29 is 28.0 Å². The topological polar surface area (TPSA) is 108 Å². The molecule has 8 heteroatoms.